The third-order valence-electron chi connectivity index (χ3n) is 7.06. The van der Waals surface area contributed by atoms with E-state index in [1.807, 2.05) is 43.4 Å². The molecular weight excluding hydrogens is 380 g/mol. The highest BCUT2D eigenvalue weighted by Gasteiger charge is 2.61. The molecule has 2 saturated heterocycles. The summed E-state index contributed by atoms with van der Waals surface area (Å²) in [6.07, 6.45) is 4.72. The second-order valence-electron chi connectivity index (χ2n) is 8.74. The van der Waals surface area contributed by atoms with Crippen molar-refractivity contribution in [1.29, 1.82) is 0 Å². The van der Waals surface area contributed by atoms with E-state index in [0.29, 0.717) is 38.9 Å². The molecule has 2 amide bonds. The molecule has 1 aromatic heterocycles. The molecule has 2 atom stereocenters. The molecule has 7 heteroatoms. The SMILES string of the molecule is CN1CCC(O)(C(=O)N2CCC3(C(=O)Nc4ccccc43)C2c2cccnc2)CC1. The number of likely N-dealkylation sites (tertiary alicyclic amines) is 2. The largest absolute Gasteiger partial charge is 0.380 e. The smallest absolute Gasteiger partial charge is 0.255 e. The van der Waals surface area contributed by atoms with E-state index in [-0.39, 0.29) is 11.8 Å². The van der Waals surface area contributed by atoms with Crippen molar-refractivity contribution in [2.24, 2.45) is 0 Å². The van der Waals surface area contributed by atoms with Crippen molar-refractivity contribution in [2.45, 2.75) is 36.3 Å². The van der Waals surface area contributed by atoms with Crippen molar-refractivity contribution in [3.05, 3.63) is 59.9 Å². The van der Waals surface area contributed by atoms with Crippen LogP contribution in [0.2, 0.25) is 0 Å². The fourth-order valence-corrected chi connectivity index (χ4v) is 5.38. The van der Waals surface area contributed by atoms with E-state index in [1.54, 1.807) is 17.3 Å². The Morgan fingerprint density at radius 1 is 1.13 bits per heavy atom. The van der Waals surface area contributed by atoms with Crippen LogP contribution in [0.4, 0.5) is 5.69 Å². The summed E-state index contributed by atoms with van der Waals surface area (Å²) in [5, 5.41) is 14.3. The fourth-order valence-electron chi connectivity index (χ4n) is 5.38. The Bertz CT molecular complexity index is 987. The van der Waals surface area contributed by atoms with Gasteiger partial charge in [0, 0.05) is 37.7 Å². The third kappa shape index (κ3) is 2.69. The first-order valence-electron chi connectivity index (χ1n) is 10.5. The number of aromatic nitrogens is 1. The van der Waals surface area contributed by atoms with Gasteiger partial charge >= 0.3 is 0 Å². The minimum Gasteiger partial charge on any atom is -0.380 e. The molecule has 3 aliphatic heterocycles. The van der Waals surface area contributed by atoms with E-state index >= 15 is 0 Å². The van der Waals surface area contributed by atoms with Crippen LogP contribution in [0.1, 0.15) is 36.4 Å². The highest BCUT2D eigenvalue weighted by molar-refractivity contribution is 6.08. The molecule has 1 spiro atoms. The van der Waals surface area contributed by atoms with Gasteiger partial charge in [0.1, 0.15) is 11.0 Å². The predicted octanol–water partition coefficient (Wildman–Crippen LogP) is 1.70. The topological polar surface area (TPSA) is 85.8 Å². The van der Waals surface area contributed by atoms with Crippen molar-refractivity contribution in [2.75, 3.05) is 32.0 Å². The highest BCUT2D eigenvalue weighted by Crippen LogP contribution is 2.55. The number of benzene rings is 1. The number of carbonyl (C=O) groups is 2. The first-order valence-corrected chi connectivity index (χ1v) is 10.5. The quantitative estimate of drug-likeness (QED) is 0.793. The Hall–Kier alpha value is -2.77. The Morgan fingerprint density at radius 2 is 1.90 bits per heavy atom. The lowest BCUT2D eigenvalue weighted by molar-refractivity contribution is -0.157. The average molecular weight is 406 g/mol. The Kier molecular flexibility index (Phi) is 4.41. The molecule has 0 radical (unpaired) electrons. The van der Waals surface area contributed by atoms with E-state index in [2.05, 4.69) is 15.2 Å². The third-order valence-corrected chi connectivity index (χ3v) is 7.06. The zero-order valence-electron chi connectivity index (χ0n) is 17.0. The maximum atomic E-state index is 13.7. The molecule has 0 bridgehead atoms. The van der Waals surface area contributed by atoms with Crippen molar-refractivity contribution < 1.29 is 14.7 Å². The molecule has 0 aliphatic carbocycles. The summed E-state index contributed by atoms with van der Waals surface area (Å²) < 4.78 is 0. The summed E-state index contributed by atoms with van der Waals surface area (Å²) in [5.41, 5.74) is 0.245. The molecule has 1 aromatic carbocycles. The van der Waals surface area contributed by atoms with Gasteiger partial charge in [0.25, 0.3) is 5.91 Å². The van der Waals surface area contributed by atoms with Crippen LogP contribution >= 0.6 is 0 Å². The number of pyridine rings is 1. The lowest BCUT2D eigenvalue weighted by atomic mass is 9.72. The maximum absolute atomic E-state index is 13.7. The van der Waals surface area contributed by atoms with Crippen LogP contribution in [0.25, 0.3) is 0 Å². The fraction of sp³-hybridized carbons (Fsp3) is 0.435. The number of anilines is 1. The number of piperidine rings is 1. The summed E-state index contributed by atoms with van der Waals surface area (Å²) in [6, 6.07) is 10.9. The van der Waals surface area contributed by atoms with Crippen LogP contribution in [-0.2, 0) is 15.0 Å². The predicted molar refractivity (Wildman–Crippen MR) is 112 cm³/mol. The summed E-state index contributed by atoms with van der Waals surface area (Å²) >= 11 is 0. The minimum absolute atomic E-state index is 0.0942. The standard InChI is InChI=1S/C23H26N4O3/c1-26-12-8-22(30,9-13-26)21(29)27-14-10-23(19(27)16-5-4-11-24-15-16)17-6-2-3-7-18(17)25-20(23)28/h2-7,11,15,19,30H,8-10,12-14H2,1H3,(H,25,28). The van der Waals surface area contributed by atoms with E-state index in [4.69, 9.17) is 0 Å². The number of fused-ring (bicyclic) bond motifs is 2. The van der Waals surface area contributed by atoms with E-state index < -0.39 is 17.1 Å². The molecule has 30 heavy (non-hydrogen) atoms. The lowest BCUT2D eigenvalue weighted by Gasteiger charge is -2.41. The molecule has 156 valence electrons. The summed E-state index contributed by atoms with van der Waals surface area (Å²) in [7, 11) is 1.99. The molecule has 2 aromatic rings. The van der Waals surface area contributed by atoms with Gasteiger partial charge in [-0.25, -0.2) is 0 Å². The molecule has 0 saturated carbocycles. The zero-order valence-corrected chi connectivity index (χ0v) is 17.0. The monoisotopic (exact) mass is 406 g/mol. The molecule has 2 unspecified atom stereocenters. The molecule has 3 aliphatic rings. The number of carbonyl (C=O) groups excluding carboxylic acids is 2. The molecule has 2 fully saturated rings. The van der Waals surface area contributed by atoms with Crippen molar-refractivity contribution in [1.82, 2.24) is 14.8 Å². The maximum Gasteiger partial charge on any atom is 0.255 e. The molecule has 7 nitrogen and oxygen atoms in total. The number of hydrogen-bond donors (Lipinski definition) is 2. The highest BCUT2D eigenvalue weighted by atomic mass is 16.3. The number of nitrogens with zero attached hydrogens (tertiary/aromatic N) is 3. The number of para-hydroxylation sites is 1. The molecule has 5 rings (SSSR count). The van der Waals surface area contributed by atoms with Crippen molar-refractivity contribution in [3.8, 4) is 0 Å². The van der Waals surface area contributed by atoms with Crippen LogP contribution in [0, 0.1) is 0 Å². The van der Waals surface area contributed by atoms with Gasteiger partial charge in [0.15, 0.2) is 0 Å². The molecule has 2 N–H and O–H groups in total. The number of nitrogens with one attached hydrogen (secondary N) is 1. The van der Waals surface area contributed by atoms with Gasteiger partial charge in [0.05, 0.1) is 6.04 Å². The van der Waals surface area contributed by atoms with E-state index in [0.717, 1.165) is 16.8 Å². The normalized spacial score (nSPS) is 27.9. The summed E-state index contributed by atoms with van der Waals surface area (Å²) in [6.45, 7) is 1.75. The first kappa shape index (κ1) is 19.2. The summed E-state index contributed by atoms with van der Waals surface area (Å²) in [5.74, 6) is -0.373. The molecule has 4 heterocycles. The molecular formula is C23H26N4O3. The van der Waals surface area contributed by atoms with Crippen molar-refractivity contribution >= 4 is 17.5 Å². The Balaban J connectivity index is 1.60. The van der Waals surface area contributed by atoms with Crippen LogP contribution in [0.5, 0.6) is 0 Å². The van der Waals surface area contributed by atoms with Crippen molar-refractivity contribution in [3.63, 3.8) is 0 Å². The summed E-state index contributed by atoms with van der Waals surface area (Å²) in [4.78, 5) is 35.1. The lowest BCUT2D eigenvalue weighted by Crippen LogP contribution is -2.55. The number of amides is 2. The second-order valence-corrected chi connectivity index (χ2v) is 8.74. The Morgan fingerprint density at radius 3 is 2.63 bits per heavy atom. The number of hydrogen-bond acceptors (Lipinski definition) is 5. The van der Waals surface area contributed by atoms with Gasteiger partial charge in [-0.3, -0.25) is 14.6 Å². The van der Waals surface area contributed by atoms with Gasteiger partial charge in [-0.2, -0.15) is 0 Å². The van der Waals surface area contributed by atoms with Crippen LogP contribution in [0.15, 0.2) is 48.8 Å². The van der Waals surface area contributed by atoms with Gasteiger partial charge in [-0.05, 0) is 49.6 Å². The van der Waals surface area contributed by atoms with Gasteiger partial charge in [-0.1, -0.05) is 24.3 Å². The zero-order chi connectivity index (χ0) is 20.9. The Labute approximate surface area is 175 Å². The first-order chi connectivity index (χ1) is 14.5. The van der Waals surface area contributed by atoms with E-state index in [9.17, 15) is 14.7 Å². The second kappa shape index (κ2) is 6.89. The average Bonchev–Trinajstić information content (AvgIpc) is 3.30. The number of rotatable bonds is 2. The van der Waals surface area contributed by atoms with Gasteiger partial charge in [0.2, 0.25) is 5.91 Å². The van der Waals surface area contributed by atoms with E-state index in [1.165, 1.54) is 0 Å². The van der Waals surface area contributed by atoms with Crippen LogP contribution < -0.4 is 5.32 Å². The van der Waals surface area contributed by atoms with Gasteiger partial charge in [-0.15, -0.1) is 0 Å². The van der Waals surface area contributed by atoms with Crippen LogP contribution in [0.3, 0.4) is 0 Å². The number of aliphatic hydroxyl groups is 1. The van der Waals surface area contributed by atoms with Gasteiger partial charge < -0.3 is 20.2 Å². The minimum atomic E-state index is -1.40. The van der Waals surface area contributed by atoms with Crippen LogP contribution in [-0.4, -0.2) is 64.0 Å².